The van der Waals surface area contributed by atoms with Crippen LogP contribution in [-0.4, -0.2) is 61.1 Å². The minimum Gasteiger partial charge on any atom is -0.383 e. The molecule has 0 spiro atoms. The van der Waals surface area contributed by atoms with Crippen molar-refractivity contribution in [2.45, 2.75) is 32.4 Å². The van der Waals surface area contributed by atoms with Crippen LogP contribution in [-0.2, 0) is 10.2 Å². The van der Waals surface area contributed by atoms with Gasteiger partial charge >= 0.3 is 6.03 Å². The third-order valence-electron chi connectivity index (χ3n) is 3.25. The number of ether oxygens (including phenoxy) is 1. The Balaban J connectivity index is 2.17. The number of anilines is 1. The summed E-state index contributed by atoms with van der Waals surface area (Å²) in [7, 11) is 3.39. The SMILES string of the molecule is COCCNC1CN(C)C(=O)N1c1noc(C(C)(C)C)n1. The summed E-state index contributed by atoms with van der Waals surface area (Å²) >= 11 is 0. The van der Waals surface area contributed by atoms with E-state index in [0.29, 0.717) is 31.5 Å². The molecule has 8 heteroatoms. The number of amides is 2. The van der Waals surface area contributed by atoms with E-state index in [1.54, 1.807) is 19.1 Å². The Labute approximate surface area is 124 Å². The number of urea groups is 1. The smallest absolute Gasteiger partial charge is 0.328 e. The average molecular weight is 297 g/mol. The maximum Gasteiger partial charge on any atom is 0.328 e. The molecule has 118 valence electrons. The van der Waals surface area contributed by atoms with E-state index in [1.165, 1.54) is 4.90 Å². The van der Waals surface area contributed by atoms with Crippen molar-refractivity contribution in [3.63, 3.8) is 0 Å². The fraction of sp³-hybridized carbons (Fsp3) is 0.769. The summed E-state index contributed by atoms with van der Waals surface area (Å²) in [6.07, 6.45) is -0.192. The largest absolute Gasteiger partial charge is 0.383 e. The molecule has 1 atom stereocenters. The quantitative estimate of drug-likeness (QED) is 0.809. The van der Waals surface area contributed by atoms with Crippen LogP contribution in [0.4, 0.5) is 10.7 Å². The maximum absolute atomic E-state index is 12.3. The van der Waals surface area contributed by atoms with Gasteiger partial charge in [0.2, 0.25) is 5.89 Å². The van der Waals surface area contributed by atoms with Crippen LogP contribution in [0.1, 0.15) is 26.7 Å². The Morgan fingerprint density at radius 3 is 2.76 bits per heavy atom. The predicted molar refractivity (Wildman–Crippen MR) is 77.2 cm³/mol. The first kappa shape index (κ1) is 15.7. The van der Waals surface area contributed by atoms with Crippen LogP contribution in [0.25, 0.3) is 0 Å². The van der Waals surface area contributed by atoms with E-state index in [-0.39, 0.29) is 17.6 Å². The van der Waals surface area contributed by atoms with Crippen molar-refractivity contribution in [1.82, 2.24) is 20.4 Å². The van der Waals surface area contributed by atoms with Crippen LogP contribution in [0.3, 0.4) is 0 Å². The monoisotopic (exact) mass is 297 g/mol. The summed E-state index contributed by atoms with van der Waals surface area (Å²) in [6, 6.07) is -0.147. The zero-order valence-electron chi connectivity index (χ0n) is 13.2. The van der Waals surface area contributed by atoms with Crippen LogP contribution in [0.5, 0.6) is 0 Å². The molecule has 2 amide bonds. The highest BCUT2D eigenvalue weighted by Gasteiger charge is 2.39. The molecule has 1 aliphatic heterocycles. The van der Waals surface area contributed by atoms with E-state index in [2.05, 4.69) is 15.5 Å². The third-order valence-corrected chi connectivity index (χ3v) is 3.25. The standard InChI is InChI=1S/C13H23N5O3/c1-13(2,3)10-15-11(16-21-10)18-9(14-6-7-20-5)8-17(4)12(18)19/h9,14H,6-8H2,1-5H3. The molecule has 1 unspecified atom stereocenters. The molecule has 1 saturated heterocycles. The number of nitrogens with one attached hydrogen (secondary N) is 1. The Morgan fingerprint density at radius 2 is 2.19 bits per heavy atom. The van der Waals surface area contributed by atoms with Gasteiger partial charge in [-0.1, -0.05) is 20.8 Å². The third kappa shape index (κ3) is 3.33. The van der Waals surface area contributed by atoms with Crippen molar-refractivity contribution < 1.29 is 14.1 Å². The molecule has 1 aromatic heterocycles. The van der Waals surface area contributed by atoms with Gasteiger partial charge in [0.05, 0.1) is 13.2 Å². The van der Waals surface area contributed by atoms with Crippen molar-refractivity contribution in [2.24, 2.45) is 0 Å². The van der Waals surface area contributed by atoms with Gasteiger partial charge < -0.3 is 14.2 Å². The van der Waals surface area contributed by atoms with Crippen LogP contribution in [0, 0.1) is 0 Å². The average Bonchev–Trinajstić information content (AvgIpc) is 2.96. The van der Waals surface area contributed by atoms with Crippen LogP contribution < -0.4 is 10.2 Å². The maximum atomic E-state index is 12.3. The topological polar surface area (TPSA) is 83.7 Å². The van der Waals surface area contributed by atoms with Crippen LogP contribution in [0.15, 0.2) is 4.52 Å². The summed E-state index contributed by atoms with van der Waals surface area (Å²) in [5.41, 5.74) is -0.251. The van der Waals surface area contributed by atoms with Crippen molar-refractivity contribution in [3.8, 4) is 0 Å². The molecule has 2 rings (SSSR count). The molecule has 0 aliphatic carbocycles. The number of carbonyl (C=O) groups excluding carboxylic acids is 1. The first-order valence-electron chi connectivity index (χ1n) is 6.95. The molecule has 0 radical (unpaired) electrons. The van der Waals surface area contributed by atoms with Crippen LogP contribution >= 0.6 is 0 Å². The second kappa shape index (κ2) is 5.98. The Hall–Kier alpha value is -1.67. The molecule has 0 aromatic carbocycles. The second-order valence-corrected chi connectivity index (χ2v) is 6.15. The fourth-order valence-electron chi connectivity index (χ4n) is 2.06. The lowest BCUT2D eigenvalue weighted by Gasteiger charge is -2.20. The number of aromatic nitrogens is 2. The number of likely N-dealkylation sites (N-methyl/N-ethyl adjacent to an activating group) is 1. The van der Waals surface area contributed by atoms with Gasteiger partial charge in [-0.15, -0.1) is 0 Å². The van der Waals surface area contributed by atoms with Crippen LogP contribution in [0.2, 0.25) is 0 Å². The molecular weight excluding hydrogens is 274 g/mol. The highest BCUT2D eigenvalue weighted by Crippen LogP contribution is 2.25. The molecule has 21 heavy (non-hydrogen) atoms. The zero-order chi connectivity index (χ0) is 15.6. The lowest BCUT2D eigenvalue weighted by Crippen LogP contribution is -2.46. The molecule has 1 N–H and O–H groups in total. The summed E-state index contributed by atoms with van der Waals surface area (Å²) in [6.45, 7) is 7.72. The molecule has 1 aliphatic rings. The number of nitrogens with zero attached hydrogens (tertiary/aromatic N) is 4. The van der Waals surface area contributed by atoms with Crippen molar-refractivity contribution >= 4 is 12.0 Å². The van der Waals surface area contributed by atoms with Gasteiger partial charge in [-0.3, -0.25) is 5.32 Å². The second-order valence-electron chi connectivity index (χ2n) is 6.15. The van der Waals surface area contributed by atoms with Gasteiger partial charge in [-0.05, 0) is 5.16 Å². The van der Waals surface area contributed by atoms with Gasteiger partial charge in [0.15, 0.2) is 0 Å². The molecule has 2 heterocycles. The summed E-state index contributed by atoms with van der Waals surface area (Å²) in [5.74, 6) is 0.805. The minimum absolute atomic E-state index is 0.147. The number of rotatable bonds is 5. The number of hydrogen-bond donors (Lipinski definition) is 1. The van der Waals surface area contributed by atoms with E-state index in [4.69, 9.17) is 9.26 Å². The predicted octanol–water partition coefficient (Wildman–Crippen LogP) is 0.801. The molecule has 1 fully saturated rings. The Kier molecular flexibility index (Phi) is 4.48. The number of carbonyl (C=O) groups is 1. The Morgan fingerprint density at radius 1 is 1.48 bits per heavy atom. The summed E-state index contributed by atoms with van der Waals surface area (Å²) in [4.78, 5) is 19.8. The minimum atomic E-state index is -0.251. The van der Waals surface area contributed by atoms with E-state index in [0.717, 1.165) is 0 Å². The number of hydrogen-bond acceptors (Lipinski definition) is 6. The lowest BCUT2D eigenvalue weighted by molar-refractivity contribution is 0.195. The Bertz CT molecular complexity index is 496. The van der Waals surface area contributed by atoms with E-state index in [1.807, 2.05) is 20.8 Å². The highest BCUT2D eigenvalue weighted by molar-refractivity contribution is 5.92. The van der Waals surface area contributed by atoms with Gasteiger partial charge in [0.25, 0.3) is 5.95 Å². The molecular formula is C13H23N5O3. The van der Waals surface area contributed by atoms with Gasteiger partial charge in [-0.2, -0.15) is 4.98 Å². The molecule has 0 saturated carbocycles. The highest BCUT2D eigenvalue weighted by atomic mass is 16.5. The first-order valence-corrected chi connectivity index (χ1v) is 6.95. The lowest BCUT2D eigenvalue weighted by atomic mass is 9.97. The summed E-state index contributed by atoms with van der Waals surface area (Å²) in [5, 5.41) is 7.21. The van der Waals surface area contributed by atoms with Crippen molar-refractivity contribution in [3.05, 3.63) is 5.89 Å². The van der Waals surface area contributed by atoms with Gasteiger partial charge in [0, 0.05) is 26.1 Å². The number of methoxy groups -OCH3 is 1. The van der Waals surface area contributed by atoms with E-state index in [9.17, 15) is 4.79 Å². The zero-order valence-corrected chi connectivity index (χ0v) is 13.2. The van der Waals surface area contributed by atoms with Gasteiger partial charge in [-0.25, -0.2) is 9.69 Å². The van der Waals surface area contributed by atoms with Gasteiger partial charge in [0.1, 0.15) is 6.17 Å². The molecule has 1 aromatic rings. The van der Waals surface area contributed by atoms with E-state index < -0.39 is 0 Å². The normalized spacial score (nSPS) is 19.7. The first-order chi connectivity index (χ1) is 9.84. The van der Waals surface area contributed by atoms with Crippen molar-refractivity contribution in [2.75, 3.05) is 38.8 Å². The van der Waals surface area contributed by atoms with E-state index >= 15 is 0 Å². The van der Waals surface area contributed by atoms with Crippen molar-refractivity contribution in [1.29, 1.82) is 0 Å². The summed E-state index contributed by atoms with van der Waals surface area (Å²) < 4.78 is 10.3. The molecule has 0 bridgehead atoms. The fourth-order valence-corrected chi connectivity index (χ4v) is 2.06. The molecule has 8 nitrogen and oxygen atoms in total.